The lowest BCUT2D eigenvalue weighted by atomic mass is 9.93. The van der Waals surface area contributed by atoms with Gasteiger partial charge in [0.25, 0.3) is 5.79 Å². The first kappa shape index (κ1) is 21.3. The third-order valence-corrected chi connectivity index (χ3v) is 6.55. The fraction of sp³-hybridized carbons (Fsp3) is 0.480. The topological polar surface area (TPSA) is 51.2 Å². The number of methoxy groups -OCH3 is 1. The van der Waals surface area contributed by atoms with Crippen LogP contribution in [0.15, 0.2) is 24.3 Å². The first-order valence-electron chi connectivity index (χ1n) is 10.9. The standard InChI is InChI=1S/C25H32N2O4/c1-16-17(2)24-22(15-25(5,31-24)30-19(4)28)18(3)23(16)27-13-11-26(12-14-27)20-7-9-21(29-6)10-8-20/h7-10H,11-15H2,1-6H3. The minimum Gasteiger partial charge on any atom is -0.497 e. The maximum atomic E-state index is 11.6. The van der Waals surface area contributed by atoms with Crippen molar-refractivity contribution in [2.45, 2.75) is 46.8 Å². The summed E-state index contributed by atoms with van der Waals surface area (Å²) in [6.45, 7) is 13.5. The highest BCUT2D eigenvalue weighted by Gasteiger charge is 2.41. The quantitative estimate of drug-likeness (QED) is 0.687. The van der Waals surface area contributed by atoms with Gasteiger partial charge < -0.3 is 24.0 Å². The van der Waals surface area contributed by atoms with Crippen LogP contribution in [-0.2, 0) is 16.0 Å². The maximum absolute atomic E-state index is 11.6. The van der Waals surface area contributed by atoms with Gasteiger partial charge in [0.05, 0.1) is 13.5 Å². The summed E-state index contributed by atoms with van der Waals surface area (Å²) in [7, 11) is 1.69. The molecule has 2 heterocycles. The fourth-order valence-corrected chi connectivity index (χ4v) is 4.91. The zero-order valence-corrected chi connectivity index (χ0v) is 19.4. The van der Waals surface area contributed by atoms with Crippen molar-refractivity contribution in [2.24, 2.45) is 0 Å². The molecule has 2 aliphatic rings. The maximum Gasteiger partial charge on any atom is 0.305 e. The van der Waals surface area contributed by atoms with Gasteiger partial charge in [-0.1, -0.05) is 0 Å². The molecule has 0 bridgehead atoms. The van der Waals surface area contributed by atoms with Gasteiger partial charge in [0.1, 0.15) is 11.5 Å². The molecule has 0 spiro atoms. The van der Waals surface area contributed by atoms with Crippen LogP contribution in [0.4, 0.5) is 11.4 Å². The predicted molar refractivity (Wildman–Crippen MR) is 123 cm³/mol. The van der Waals surface area contributed by atoms with Gasteiger partial charge in [-0.15, -0.1) is 0 Å². The summed E-state index contributed by atoms with van der Waals surface area (Å²) in [4.78, 5) is 16.5. The lowest BCUT2D eigenvalue weighted by Gasteiger charge is -2.39. The number of esters is 1. The Morgan fingerprint density at radius 3 is 2.16 bits per heavy atom. The molecule has 0 aromatic heterocycles. The molecule has 1 saturated heterocycles. The van der Waals surface area contributed by atoms with E-state index < -0.39 is 5.79 Å². The van der Waals surface area contributed by atoms with E-state index in [0.717, 1.165) is 48.8 Å². The second-order valence-corrected chi connectivity index (χ2v) is 8.71. The molecule has 0 amide bonds. The third-order valence-electron chi connectivity index (χ3n) is 6.55. The van der Waals surface area contributed by atoms with E-state index in [4.69, 9.17) is 14.2 Å². The van der Waals surface area contributed by atoms with Gasteiger partial charge in [0, 0.05) is 57.0 Å². The molecular formula is C25H32N2O4. The van der Waals surface area contributed by atoms with Crippen molar-refractivity contribution in [3.05, 3.63) is 46.5 Å². The highest BCUT2D eigenvalue weighted by Crippen LogP contribution is 2.46. The normalized spacial score (nSPS) is 20.3. The Bertz CT molecular complexity index is 994. The van der Waals surface area contributed by atoms with Gasteiger partial charge >= 0.3 is 5.97 Å². The van der Waals surface area contributed by atoms with Gasteiger partial charge in [-0.25, -0.2) is 0 Å². The van der Waals surface area contributed by atoms with Crippen LogP contribution in [0.2, 0.25) is 0 Å². The van der Waals surface area contributed by atoms with Gasteiger partial charge in [0.2, 0.25) is 0 Å². The van der Waals surface area contributed by atoms with Crippen LogP contribution in [-0.4, -0.2) is 45.0 Å². The van der Waals surface area contributed by atoms with Crippen LogP contribution in [0.1, 0.15) is 36.1 Å². The summed E-state index contributed by atoms with van der Waals surface area (Å²) >= 11 is 0. The Hall–Kier alpha value is -2.89. The van der Waals surface area contributed by atoms with Crippen LogP contribution < -0.4 is 19.3 Å². The number of carbonyl (C=O) groups is 1. The molecule has 4 rings (SSSR count). The molecule has 1 atom stereocenters. The Labute approximate surface area is 184 Å². The predicted octanol–water partition coefficient (Wildman–Crippen LogP) is 4.16. The first-order valence-corrected chi connectivity index (χ1v) is 10.9. The number of piperazine rings is 1. The average molecular weight is 425 g/mol. The second-order valence-electron chi connectivity index (χ2n) is 8.71. The van der Waals surface area contributed by atoms with Crippen molar-refractivity contribution in [2.75, 3.05) is 43.1 Å². The van der Waals surface area contributed by atoms with Gasteiger partial charge in [-0.05, 0) is 61.7 Å². The molecule has 1 unspecified atom stereocenters. The highest BCUT2D eigenvalue weighted by atomic mass is 16.7. The molecule has 6 heteroatoms. The van der Waals surface area contributed by atoms with E-state index in [-0.39, 0.29) is 5.97 Å². The third kappa shape index (κ3) is 3.91. The fourth-order valence-electron chi connectivity index (χ4n) is 4.91. The van der Waals surface area contributed by atoms with Gasteiger partial charge in [-0.2, -0.15) is 0 Å². The molecule has 2 aromatic carbocycles. The summed E-state index contributed by atoms with van der Waals surface area (Å²) < 4.78 is 16.9. The first-order chi connectivity index (χ1) is 14.7. The summed E-state index contributed by atoms with van der Waals surface area (Å²) in [6, 6.07) is 8.27. The minimum atomic E-state index is -0.929. The number of benzene rings is 2. The molecule has 166 valence electrons. The number of hydrogen-bond donors (Lipinski definition) is 0. The SMILES string of the molecule is COc1ccc(N2CCN(c3c(C)c(C)c4c(c3C)CC(C)(OC(C)=O)O4)CC2)cc1. The number of hydrogen-bond acceptors (Lipinski definition) is 6. The van der Waals surface area contributed by atoms with Gasteiger partial charge in [-0.3, -0.25) is 4.79 Å². The van der Waals surface area contributed by atoms with Gasteiger partial charge in [0.15, 0.2) is 0 Å². The molecule has 2 aliphatic heterocycles. The Morgan fingerprint density at radius 1 is 0.968 bits per heavy atom. The van der Waals surface area contributed by atoms with E-state index in [0.29, 0.717) is 6.42 Å². The Balaban J connectivity index is 1.56. The number of nitrogens with zero attached hydrogens (tertiary/aromatic N) is 2. The van der Waals surface area contributed by atoms with Crippen molar-refractivity contribution in [3.8, 4) is 11.5 Å². The monoisotopic (exact) mass is 424 g/mol. The van der Waals surface area contributed by atoms with Crippen LogP contribution in [0, 0.1) is 20.8 Å². The number of anilines is 2. The lowest BCUT2D eigenvalue weighted by Crippen LogP contribution is -2.47. The molecule has 0 N–H and O–H groups in total. The molecule has 31 heavy (non-hydrogen) atoms. The van der Waals surface area contributed by atoms with Crippen LogP contribution in [0.25, 0.3) is 0 Å². The zero-order valence-electron chi connectivity index (χ0n) is 19.4. The van der Waals surface area contributed by atoms with Crippen molar-refractivity contribution in [3.63, 3.8) is 0 Å². The number of fused-ring (bicyclic) bond motifs is 1. The smallest absolute Gasteiger partial charge is 0.305 e. The highest BCUT2D eigenvalue weighted by molar-refractivity contribution is 5.71. The summed E-state index contributed by atoms with van der Waals surface area (Å²) in [6.07, 6.45) is 0.577. The van der Waals surface area contributed by atoms with E-state index in [1.54, 1.807) is 7.11 Å². The van der Waals surface area contributed by atoms with Crippen LogP contribution >= 0.6 is 0 Å². The Morgan fingerprint density at radius 2 is 1.58 bits per heavy atom. The average Bonchev–Trinajstić information content (AvgIpc) is 3.10. The minimum absolute atomic E-state index is 0.322. The largest absolute Gasteiger partial charge is 0.497 e. The molecule has 1 fully saturated rings. The van der Waals surface area contributed by atoms with Crippen molar-refractivity contribution in [1.29, 1.82) is 0 Å². The molecule has 0 radical (unpaired) electrons. The summed E-state index contributed by atoms with van der Waals surface area (Å²) in [5.41, 5.74) is 7.27. The molecule has 6 nitrogen and oxygen atoms in total. The molecule has 0 aliphatic carbocycles. The van der Waals surface area contributed by atoms with E-state index in [1.165, 1.54) is 29.4 Å². The van der Waals surface area contributed by atoms with Crippen molar-refractivity contribution < 1.29 is 19.0 Å². The van der Waals surface area contributed by atoms with Crippen LogP contribution in [0.5, 0.6) is 11.5 Å². The number of ether oxygens (including phenoxy) is 3. The second kappa shape index (κ2) is 7.98. The van der Waals surface area contributed by atoms with Crippen molar-refractivity contribution >= 4 is 17.3 Å². The van der Waals surface area contributed by atoms with Crippen molar-refractivity contribution in [1.82, 2.24) is 0 Å². The van der Waals surface area contributed by atoms with E-state index in [1.807, 2.05) is 19.1 Å². The summed E-state index contributed by atoms with van der Waals surface area (Å²) in [5.74, 6) is 0.503. The molecular weight excluding hydrogens is 392 g/mol. The number of carbonyl (C=O) groups excluding carboxylic acids is 1. The molecule has 0 saturated carbocycles. The van der Waals surface area contributed by atoms with E-state index in [2.05, 4.69) is 42.7 Å². The molecule has 2 aromatic rings. The Kier molecular flexibility index (Phi) is 5.50. The van der Waals surface area contributed by atoms with E-state index >= 15 is 0 Å². The lowest BCUT2D eigenvalue weighted by molar-refractivity contribution is -0.183. The van der Waals surface area contributed by atoms with E-state index in [9.17, 15) is 4.79 Å². The number of rotatable bonds is 4. The summed E-state index contributed by atoms with van der Waals surface area (Å²) in [5, 5.41) is 0. The zero-order chi connectivity index (χ0) is 22.3. The van der Waals surface area contributed by atoms with Crippen LogP contribution in [0.3, 0.4) is 0 Å².